The van der Waals surface area contributed by atoms with Gasteiger partial charge in [-0.25, -0.2) is 5.53 Å². The first-order valence-electron chi connectivity index (χ1n) is 10.0. The number of benzene rings is 1. The van der Waals surface area contributed by atoms with Crippen LogP contribution in [0.4, 0.5) is 0 Å². The summed E-state index contributed by atoms with van der Waals surface area (Å²) >= 11 is 0. The van der Waals surface area contributed by atoms with Gasteiger partial charge in [-0.1, -0.05) is 31.0 Å². The average Bonchev–Trinajstić information content (AvgIpc) is 3.03. The number of rotatable bonds is 6. The molecule has 5 nitrogen and oxygen atoms in total. The molecule has 1 aromatic carbocycles. The highest BCUT2D eigenvalue weighted by Gasteiger charge is 2.33. The fourth-order valence-corrected chi connectivity index (χ4v) is 4.97. The van der Waals surface area contributed by atoms with Gasteiger partial charge in [0.25, 0.3) is 5.56 Å². The molecule has 2 aliphatic carbocycles. The minimum Gasteiger partial charge on any atom is -0.387 e. The molecule has 1 heterocycles. The minimum atomic E-state index is 0.00727. The van der Waals surface area contributed by atoms with Crippen molar-refractivity contribution in [3.8, 4) is 0 Å². The molecule has 2 aliphatic rings. The van der Waals surface area contributed by atoms with E-state index in [-0.39, 0.29) is 5.56 Å². The molecule has 0 amide bonds. The van der Waals surface area contributed by atoms with Crippen LogP contribution in [0, 0.1) is 17.4 Å². The third kappa shape index (κ3) is 3.82. The molecule has 2 fully saturated rings. The first kappa shape index (κ1) is 18.0. The van der Waals surface area contributed by atoms with Crippen LogP contribution in [0.25, 0.3) is 10.9 Å². The summed E-state index contributed by atoms with van der Waals surface area (Å²) in [6.07, 6.45) is 9.99. The maximum absolute atomic E-state index is 12.2. The molecule has 2 atom stereocenters. The van der Waals surface area contributed by atoms with Crippen molar-refractivity contribution in [1.29, 1.82) is 5.53 Å². The Morgan fingerprint density at radius 1 is 1.26 bits per heavy atom. The van der Waals surface area contributed by atoms with Gasteiger partial charge in [-0.2, -0.15) is 5.11 Å². The van der Waals surface area contributed by atoms with Crippen LogP contribution in [-0.2, 0) is 13.5 Å². The van der Waals surface area contributed by atoms with E-state index in [9.17, 15) is 4.79 Å². The molecule has 0 saturated heterocycles. The Hall–Kier alpha value is -2.43. The smallest absolute Gasteiger partial charge is 0.251 e. The van der Waals surface area contributed by atoms with E-state index in [2.05, 4.69) is 16.5 Å². The largest absolute Gasteiger partial charge is 0.387 e. The van der Waals surface area contributed by atoms with Gasteiger partial charge >= 0.3 is 0 Å². The third-order valence-electron chi connectivity index (χ3n) is 6.40. The number of para-hydroxylation sites is 1. The van der Waals surface area contributed by atoms with Gasteiger partial charge in [-0.3, -0.25) is 4.79 Å². The van der Waals surface area contributed by atoms with Crippen molar-refractivity contribution in [2.24, 2.45) is 24.0 Å². The molecule has 2 bridgehead atoms. The molecule has 0 radical (unpaired) electrons. The maximum Gasteiger partial charge on any atom is 0.251 e. The monoisotopic (exact) mass is 364 g/mol. The van der Waals surface area contributed by atoms with Gasteiger partial charge in [-0.05, 0) is 55.6 Å². The number of nitrogens with zero attached hydrogens (tertiary/aromatic N) is 2. The number of fused-ring (bicyclic) bond motifs is 3. The summed E-state index contributed by atoms with van der Waals surface area (Å²) in [4.78, 5) is 12.2. The SMILES string of the molecule is Cn1c(=O)cc(CC/C(=C/NC2CC3CCC(C3)C2)N=N)c2ccccc21. The van der Waals surface area contributed by atoms with E-state index in [1.807, 2.05) is 24.4 Å². The fraction of sp³-hybridized carbons (Fsp3) is 0.500. The van der Waals surface area contributed by atoms with E-state index < -0.39 is 0 Å². The number of aromatic nitrogens is 1. The second-order valence-electron chi connectivity index (χ2n) is 8.21. The van der Waals surface area contributed by atoms with Crippen LogP contribution in [0.15, 0.2) is 52.1 Å². The molecule has 2 N–H and O–H groups in total. The van der Waals surface area contributed by atoms with Crippen molar-refractivity contribution < 1.29 is 0 Å². The van der Waals surface area contributed by atoms with E-state index >= 15 is 0 Å². The Balaban J connectivity index is 1.45. The molecule has 4 rings (SSSR count). The highest BCUT2D eigenvalue weighted by atomic mass is 16.1. The van der Waals surface area contributed by atoms with Crippen molar-refractivity contribution in [1.82, 2.24) is 9.88 Å². The second kappa shape index (κ2) is 7.67. The van der Waals surface area contributed by atoms with E-state index in [0.717, 1.165) is 34.0 Å². The van der Waals surface area contributed by atoms with Gasteiger partial charge in [0.1, 0.15) is 0 Å². The lowest BCUT2D eigenvalue weighted by molar-refractivity contribution is 0.297. The Morgan fingerprint density at radius 2 is 2.00 bits per heavy atom. The summed E-state index contributed by atoms with van der Waals surface area (Å²) < 4.78 is 1.68. The predicted octanol–water partition coefficient (Wildman–Crippen LogP) is 4.51. The maximum atomic E-state index is 12.2. The number of aryl methyl sites for hydroxylation is 2. The van der Waals surface area contributed by atoms with Crippen molar-refractivity contribution in [2.45, 2.75) is 51.0 Å². The standard InChI is InChI=1S/C22H28N4O/c1-26-21-5-3-2-4-20(21)17(13-22(26)27)8-9-18(25-23)14-24-19-11-15-6-7-16(10-15)12-19/h2-5,13-16,19,23-24H,6-12H2,1H3/b18-14-,25-23?. The zero-order valence-corrected chi connectivity index (χ0v) is 15.9. The summed E-state index contributed by atoms with van der Waals surface area (Å²) in [6.45, 7) is 0. The number of pyridine rings is 1. The van der Waals surface area contributed by atoms with Gasteiger partial charge in [0.05, 0.1) is 11.2 Å². The summed E-state index contributed by atoms with van der Waals surface area (Å²) in [5.41, 5.74) is 10.3. The Morgan fingerprint density at radius 3 is 2.74 bits per heavy atom. The van der Waals surface area contributed by atoms with Gasteiger partial charge in [0.15, 0.2) is 0 Å². The molecular formula is C22H28N4O. The van der Waals surface area contributed by atoms with Gasteiger partial charge < -0.3 is 9.88 Å². The topological polar surface area (TPSA) is 70.2 Å². The summed E-state index contributed by atoms with van der Waals surface area (Å²) in [6, 6.07) is 10.2. The Labute approximate surface area is 160 Å². The molecule has 2 unspecified atom stereocenters. The minimum absolute atomic E-state index is 0.00727. The second-order valence-corrected chi connectivity index (χ2v) is 8.21. The van der Waals surface area contributed by atoms with Crippen LogP contribution in [0.5, 0.6) is 0 Å². The summed E-state index contributed by atoms with van der Waals surface area (Å²) in [5.74, 6) is 1.77. The van der Waals surface area contributed by atoms with Crippen LogP contribution in [0.1, 0.15) is 44.1 Å². The van der Waals surface area contributed by atoms with Crippen molar-refractivity contribution in [2.75, 3.05) is 0 Å². The van der Waals surface area contributed by atoms with Gasteiger partial charge in [-0.15, -0.1) is 0 Å². The zero-order valence-electron chi connectivity index (χ0n) is 15.9. The number of nitrogens with one attached hydrogen (secondary N) is 2. The van der Waals surface area contributed by atoms with Gasteiger partial charge in [0.2, 0.25) is 0 Å². The fourth-order valence-electron chi connectivity index (χ4n) is 4.97. The number of hydrogen-bond acceptors (Lipinski definition) is 4. The lowest BCUT2D eigenvalue weighted by atomic mass is 9.85. The molecule has 0 aliphatic heterocycles. The third-order valence-corrected chi connectivity index (χ3v) is 6.40. The molecular weight excluding hydrogens is 336 g/mol. The van der Waals surface area contributed by atoms with Crippen molar-refractivity contribution >= 4 is 10.9 Å². The molecule has 0 spiro atoms. The highest BCUT2D eigenvalue weighted by Crippen LogP contribution is 2.41. The Bertz CT molecular complexity index is 918. The van der Waals surface area contributed by atoms with Gasteiger partial charge in [0, 0.05) is 30.7 Å². The van der Waals surface area contributed by atoms with E-state index in [4.69, 9.17) is 5.53 Å². The molecule has 2 aromatic rings. The van der Waals surface area contributed by atoms with E-state index in [1.165, 1.54) is 32.1 Å². The zero-order chi connectivity index (χ0) is 18.8. The van der Waals surface area contributed by atoms with Crippen LogP contribution >= 0.6 is 0 Å². The molecule has 142 valence electrons. The van der Waals surface area contributed by atoms with Crippen LogP contribution in [0.3, 0.4) is 0 Å². The van der Waals surface area contributed by atoms with Crippen LogP contribution < -0.4 is 10.9 Å². The first-order valence-corrected chi connectivity index (χ1v) is 10.0. The highest BCUT2D eigenvalue weighted by molar-refractivity contribution is 5.82. The van der Waals surface area contributed by atoms with Crippen molar-refractivity contribution in [3.63, 3.8) is 0 Å². The molecule has 27 heavy (non-hydrogen) atoms. The van der Waals surface area contributed by atoms with Crippen molar-refractivity contribution in [3.05, 3.63) is 58.1 Å². The van der Waals surface area contributed by atoms with Crippen LogP contribution in [0.2, 0.25) is 0 Å². The van der Waals surface area contributed by atoms with E-state index in [0.29, 0.717) is 18.9 Å². The number of hydrogen-bond donors (Lipinski definition) is 2. The lowest BCUT2D eigenvalue weighted by Gasteiger charge is -2.28. The molecule has 1 aromatic heterocycles. The lowest BCUT2D eigenvalue weighted by Crippen LogP contribution is -2.31. The molecule has 2 saturated carbocycles. The predicted molar refractivity (Wildman–Crippen MR) is 108 cm³/mol. The van der Waals surface area contributed by atoms with E-state index in [1.54, 1.807) is 17.7 Å². The Kier molecular flexibility index (Phi) is 5.10. The summed E-state index contributed by atoms with van der Waals surface area (Å²) in [7, 11) is 1.81. The summed E-state index contributed by atoms with van der Waals surface area (Å²) in [5, 5.41) is 8.35. The average molecular weight is 364 g/mol. The number of allylic oxidation sites excluding steroid dienone is 1. The first-order chi connectivity index (χ1) is 13.1. The molecule has 5 heteroatoms. The van der Waals surface area contributed by atoms with Crippen LogP contribution in [-0.4, -0.2) is 10.6 Å². The quantitative estimate of drug-likeness (QED) is 0.740. The normalized spacial score (nSPS) is 24.9.